The molecule has 1 aliphatic rings. The number of rotatable bonds is 6. The number of benzene rings is 1. The normalized spacial score (nSPS) is 16.8. The summed E-state index contributed by atoms with van der Waals surface area (Å²) >= 11 is 0. The van der Waals surface area contributed by atoms with Gasteiger partial charge in [-0.05, 0) is 32.4 Å². The van der Waals surface area contributed by atoms with Crippen molar-refractivity contribution >= 4 is 23.7 Å². The van der Waals surface area contributed by atoms with Crippen LogP contribution in [0.5, 0.6) is 11.5 Å². The largest absolute Gasteiger partial charge is 0.490 e. The van der Waals surface area contributed by atoms with Gasteiger partial charge in [0, 0.05) is 5.56 Å². The summed E-state index contributed by atoms with van der Waals surface area (Å²) in [5, 5.41) is 0. The van der Waals surface area contributed by atoms with Crippen LogP contribution in [0.15, 0.2) is 12.1 Å². The Kier molecular flexibility index (Phi) is 4.80. The van der Waals surface area contributed by atoms with Gasteiger partial charge in [0.1, 0.15) is 12.1 Å². The minimum atomic E-state index is -0.659. The van der Waals surface area contributed by atoms with Gasteiger partial charge in [-0.1, -0.05) is 6.92 Å². The highest BCUT2D eigenvalue weighted by Crippen LogP contribution is 2.43. The number of hydrogen-bond donors (Lipinski definition) is 0. The number of fused-ring (bicyclic) bond motifs is 1. The van der Waals surface area contributed by atoms with E-state index in [4.69, 9.17) is 9.47 Å². The zero-order valence-electron chi connectivity index (χ0n) is 12.9. The molecule has 0 radical (unpaired) electrons. The van der Waals surface area contributed by atoms with Crippen molar-refractivity contribution in [1.29, 1.82) is 0 Å². The first kappa shape index (κ1) is 16.0. The van der Waals surface area contributed by atoms with Crippen molar-refractivity contribution in [2.45, 2.75) is 33.3 Å². The summed E-state index contributed by atoms with van der Waals surface area (Å²) in [6.45, 7) is 5.41. The molecule has 0 aliphatic carbocycles. The van der Waals surface area contributed by atoms with Gasteiger partial charge in [-0.3, -0.25) is 19.3 Å². The zero-order valence-corrected chi connectivity index (χ0v) is 12.9. The number of ether oxygens (including phenoxy) is 2. The van der Waals surface area contributed by atoms with Gasteiger partial charge in [-0.2, -0.15) is 0 Å². The van der Waals surface area contributed by atoms with Gasteiger partial charge in [0.05, 0.1) is 18.8 Å². The van der Waals surface area contributed by atoms with Crippen molar-refractivity contribution in [3.8, 4) is 11.5 Å². The van der Waals surface area contributed by atoms with E-state index >= 15 is 0 Å². The van der Waals surface area contributed by atoms with Crippen molar-refractivity contribution in [1.82, 2.24) is 0 Å². The molecule has 2 rings (SSSR count). The van der Waals surface area contributed by atoms with Gasteiger partial charge in [-0.25, -0.2) is 0 Å². The molecule has 0 fully saturated rings. The van der Waals surface area contributed by atoms with Crippen molar-refractivity contribution in [3.63, 3.8) is 0 Å². The van der Waals surface area contributed by atoms with Crippen molar-refractivity contribution in [3.05, 3.63) is 17.7 Å². The Hall–Kier alpha value is -2.37. The van der Waals surface area contributed by atoms with E-state index in [1.165, 1.54) is 17.9 Å². The fourth-order valence-corrected chi connectivity index (χ4v) is 2.39. The molecule has 22 heavy (non-hydrogen) atoms. The molecule has 1 aromatic carbocycles. The fraction of sp³-hybridized carbons (Fsp3) is 0.438. The Morgan fingerprint density at radius 1 is 1.41 bits per heavy atom. The van der Waals surface area contributed by atoms with Crippen LogP contribution in [-0.4, -0.2) is 37.2 Å². The molecule has 0 aromatic heterocycles. The summed E-state index contributed by atoms with van der Waals surface area (Å²) in [6.07, 6.45) is 0.492. The number of carbonyl (C=O) groups excluding carboxylic acids is 3. The third-order valence-electron chi connectivity index (χ3n) is 3.34. The molecule has 0 saturated carbocycles. The van der Waals surface area contributed by atoms with E-state index < -0.39 is 6.10 Å². The third-order valence-corrected chi connectivity index (χ3v) is 3.34. The summed E-state index contributed by atoms with van der Waals surface area (Å²) in [5.74, 6) is 0.378. The summed E-state index contributed by atoms with van der Waals surface area (Å²) in [5.41, 5.74) is 0.764. The number of ketones is 1. The Morgan fingerprint density at radius 2 is 2.14 bits per heavy atom. The van der Waals surface area contributed by atoms with Crippen LogP contribution in [0, 0.1) is 0 Å². The lowest BCUT2D eigenvalue weighted by molar-refractivity contribution is -0.128. The van der Waals surface area contributed by atoms with Crippen LogP contribution in [0.3, 0.4) is 0 Å². The van der Waals surface area contributed by atoms with Crippen LogP contribution in [0.2, 0.25) is 0 Å². The Labute approximate surface area is 129 Å². The van der Waals surface area contributed by atoms with Crippen LogP contribution >= 0.6 is 0 Å². The lowest BCUT2D eigenvalue weighted by Gasteiger charge is -2.34. The zero-order chi connectivity index (χ0) is 16.3. The Bertz CT molecular complexity index is 611. The maximum atomic E-state index is 12.4. The molecule has 1 amide bonds. The minimum absolute atomic E-state index is 0.0560. The molecule has 0 bridgehead atoms. The Balaban J connectivity index is 2.59. The molecule has 0 N–H and O–H groups in total. The summed E-state index contributed by atoms with van der Waals surface area (Å²) < 4.78 is 11.3. The van der Waals surface area contributed by atoms with Gasteiger partial charge in [0.2, 0.25) is 0 Å². The number of nitrogens with zero attached hydrogens (tertiary/aromatic N) is 1. The highest BCUT2D eigenvalue weighted by atomic mass is 16.5. The van der Waals surface area contributed by atoms with Gasteiger partial charge in [0.15, 0.2) is 17.6 Å². The van der Waals surface area contributed by atoms with Gasteiger partial charge < -0.3 is 9.47 Å². The number of anilines is 1. The second-order valence-electron chi connectivity index (χ2n) is 5.06. The number of carbonyl (C=O) groups is 3. The average molecular weight is 305 g/mol. The lowest BCUT2D eigenvalue weighted by Crippen LogP contribution is -2.47. The maximum Gasteiger partial charge on any atom is 0.268 e. The van der Waals surface area contributed by atoms with Crippen LogP contribution in [0.25, 0.3) is 0 Å². The van der Waals surface area contributed by atoms with E-state index in [-0.39, 0.29) is 18.2 Å². The SMILES string of the molecule is CCOc1cc(C=O)cc2c1OC(CC)C(=O)N2CC(C)=O. The standard InChI is InChI=1S/C16H19NO5/c1-4-13-16(20)17(8-10(3)19)12-6-11(9-18)7-14(21-5-2)15(12)22-13/h6-7,9,13H,4-5,8H2,1-3H3. The molecule has 1 heterocycles. The van der Waals surface area contributed by atoms with Crippen molar-refractivity contribution in [2.75, 3.05) is 18.1 Å². The van der Waals surface area contributed by atoms with E-state index in [0.29, 0.717) is 42.1 Å². The maximum absolute atomic E-state index is 12.4. The van der Waals surface area contributed by atoms with Crippen LogP contribution in [-0.2, 0) is 9.59 Å². The molecule has 118 valence electrons. The first-order chi connectivity index (χ1) is 10.5. The lowest BCUT2D eigenvalue weighted by atomic mass is 10.1. The summed E-state index contributed by atoms with van der Waals surface area (Å²) in [4.78, 5) is 36.4. The van der Waals surface area contributed by atoms with Crippen LogP contribution < -0.4 is 14.4 Å². The second kappa shape index (κ2) is 6.60. The van der Waals surface area contributed by atoms with Crippen molar-refractivity contribution in [2.24, 2.45) is 0 Å². The first-order valence-corrected chi connectivity index (χ1v) is 7.25. The summed E-state index contributed by atoms with van der Waals surface area (Å²) in [7, 11) is 0. The predicted molar refractivity (Wildman–Crippen MR) is 80.7 cm³/mol. The predicted octanol–water partition coefficient (Wildman–Crippen LogP) is 1.99. The molecule has 1 unspecified atom stereocenters. The van der Waals surface area contributed by atoms with Crippen LogP contribution in [0.1, 0.15) is 37.6 Å². The molecule has 0 spiro atoms. The van der Waals surface area contributed by atoms with Gasteiger partial charge in [0.25, 0.3) is 5.91 Å². The van der Waals surface area contributed by atoms with Crippen LogP contribution in [0.4, 0.5) is 5.69 Å². The molecule has 1 aliphatic heterocycles. The molecule has 1 aromatic rings. The van der Waals surface area contributed by atoms with Crippen molar-refractivity contribution < 1.29 is 23.9 Å². The van der Waals surface area contributed by atoms with E-state index in [1.807, 2.05) is 13.8 Å². The highest BCUT2D eigenvalue weighted by Gasteiger charge is 2.36. The fourth-order valence-electron chi connectivity index (χ4n) is 2.39. The number of amides is 1. The molecule has 6 nitrogen and oxygen atoms in total. The monoisotopic (exact) mass is 305 g/mol. The van der Waals surface area contributed by atoms with E-state index in [2.05, 4.69) is 0 Å². The highest BCUT2D eigenvalue weighted by molar-refractivity contribution is 6.05. The number of hydrogen-bond acceptors (Lipinski definition) is 5. The number of Topliss-reactive ketones (excluding diaryl/α,β-unsaturated/α-hetero) is 1. The Morgan fingerprint density at radius 3 is 2.68 bits per heavy atom. The third kappa shape index (κ3) is 2.95. The minimum Gasteiger partial charge on any atom is -0.490 e. The van der Waals surface area contributed by atoms with Gasteiger partial charge >= 0.3 is 0 Å². The molecule has 0 saturated heterocycles. The van der Waals surface area contributed by atoms with Gasteiger partial charge in [-0.15, -0.1) is 0 Å². The average Bonchev–Trinajstić information content (AvgIpc) is 2.49. The van der Waals surface area contributed by atoms with E-state index in [1.54, 1.807) is 6.07 Å². The number of aldehydes is 1. The quantitative estimate of drug-likeness (QED) is 0.752. The topological polar surface area (TPSA) is 72.9 Å². The van der Waals surface area contributed by atoms with E-state index in [9.17, 15) is 14.4 Å². The molecule has 6 heteroatoms. The summed E-state index contributed by atoms with van der Waals surface area (Å²) in [6, 6.07) is 3.11. The smallest absolute Gasteiger partial charge is 0.268 e. The van der Waals surface area contributed by atoms with E-state index in [0.717, 1.165) is 0 Å². The second-order valence-corrected chi connectivity index (χ2v) is 5.06. The molecule has 1 atom stereocenters. The first-order valence-electron chi connectivity index (χ1n) is 7.25. The molecular formula is C16H19NO5. The molecular weight excluding hydrogens is 286 g/mol.